The Morgan fingerprint density at radius 3 is 2.65 bits per heavy atom. The average molecular weight is 322 g/mol. The molecule has 2 aromatic rings. The van der Waals surface area contributed by atoms with E-state index in [2.05, 4.69) is 10.6 Å². The monoisotopic (exact) mass is 322 g/mol. The quantitative estimate of drug-likeness (QED) is 0.858. The molecule has 2 N–H and O–H groups in total. The molecule has 0 fully saturated rings. The highest BCUT2D eigenvalue weighted by atomic mass is 19.2. The smallest absolute Gasteiger partial charge is 0.286 e. The molecule has 1 aromatic carbocycles. The highest BCUT2D eigenvalue weighted by molar-refractivity contribution is 5.91. The Kier molecular flexibility index (Phi) is 5.46. The van der Waals surface area contributed by atoms with Crippen molar-refractivity contribution in [2.75, 3.05) is 6.54 Å². The van der Waals surface area contributed by atoms with Crippen LogP contribution >= 0.6 is 0 Å². The number of halogens is 2. The lowest BCUT2D eigenvalue weighted by Crippen LogP contribution is -2.32. The largest absolute Gasteiger partial charge is 0.459 e. The topological polar surface area (TPSA) is 71.3 Å². The highest BCUT2D eigenvalue weighted by Gasteiger charge is 2.13. The summed E-state index contributed by atoms with van der Waals surface area (Å²) in [6, 6.07) is 6.09. The minimum atomic E-state index is -0.964. The molecule has 0 spiro atoms. The van der Waals surface area contributed by atoms with Gasteiger partial charge in [0.2, 0.25) is 5.91 Å². The average Bonchev–Trinajstić information content (AvgIpc) is 3.04. The molecule has 0 aliphatic carbocycles. The van der Waals surface area contributed by atoms with Gasteiger partial charge in [-0.15, -0.1) is 0 Å². The molecule has 0 saturated heterocycles. The third kappa shape index (κ3) is 4.64. The molecule has 1 aromatic heterocycles. The number of amides is 2. The van der Waals surface area contributed by atoms with Gasteiger partial charge in [0.1, 0.15) is 0 Å². The molecule has 7 heteroatoms. The molecule has 1 heterocycles. The second-order valence-electron chi connectivity index (χ2n) is 4.95. The van der Waals surface area contributed by atoms with Crippen molar-refractivity contribution in [2.24, 2.45) is 0 Å². The molecule has 0 aliphatic heterocycles. The first-order valence-electron chi connectivity index (χ1n) is 7.03. The fraction of sp³-hybridized carbons (Fsp3) is 0.250. The van der Waals surface area contributed by atoms with Gasteiger partial charge >= 0.3 is 0 Å². The maximum atomic E-state index is 13.2. The first-order chi connectivity index (χ1) is 11.0. The fourth-order valence-corrected chi connectivity index (χ4v) is 1.96. The number of rotatable bonds is 6. The summed E-state index contributed by atoms with van der Waals surface area (Å²) in [4.78, 5) is 23.4. The number of furan rings is 1. The van der Waals surface area contributed by atoms with Gasteiger partial charge in [-0.05, 0) is 36.8 Å². The Morgan fingerprint density at radius 2 is 2.00 bits per heavy atom. The van der Waals surface area contributed by atoms with Crippen LogP contribution in [0, 0.1) is 11.6 Å². The normalized spacial score (nSPS) is 11.8. The van der Waals surface area contributed by atoms with Crippen LogP contribution in [-0.4, -0.2) is 18.4 Å². The molecule has 0 radical (unpaired) electrons. The van der Waals surface area contributed by atoms with Gasteiger partial charge in [-0.3, -0.25) is 9.59 Å². The lowest BCUT2D eigenvalue weighted by molar-refractivity contribution is -0.121. The molecule has 5 nitrogen and oxygen atoms in total. The van der Waals surface area contributed by atoms with Crippen molar-refractivity contribution in [1.29, 1.82) is 0 Å². The standard InChI is InChI=1S/C16H16F2N2O3/c1-10(11-4-5-12(17)13(18)9-11)20-15(21)6-7-19-16(22)14-3-2-8-23-14/h2-5,8-10H,6-7H2,1H3,(H,19,22)(H,20,21)/t10-/m0/s1. The van der Waals surface area contributed by atoms with Gasteiger partial charge in [0, 0.05) is 13.0 Å². The zero-order chi connectivity index (χ0) is 16.8. The van der Waals surface area contributed by atoms with Crippen molar-refractivity contribution in [3.05, 3.63) is 59.6 Å². The summed E-state index contributed by atoms with van der Waals surface area (Å²) < 4.78 is 30.9. The predicted octanol–water partition coefficient (Wildman–Crippen LogP) is 2.56. The molecular formula is C16H16F2N2O3. The van der Waals surface area contributed by atoms with Crippen molar-refractivity contribution in [2.45, 2.75) is 19.4 Å². The van der Waals surface area contributed by atoms with Crippen LogP contribution in [0.1, 0.15) is 35.5 Å². The van der Waals surface area contributed by atoms with Crippen molar-refractivity contribution in [3.8, 4) is 0 Å². The molecule has 2 rings (SSSR count). The van der Waals surface area contributed by atoms with Gasteiger partial charge in [-0.1, -0.05) is 6.07 Å². The van der Waals surface area contributed by atoms with Crippen LogP contribution in [0.4, 0.5) is 8.78 Å². The SMILES string of the molecule is C[C@H](NC(=O)CCNC(=O)c1ccco1)c1ccc(F)c(F)c1. The van der Waals surface area contributed by atoms with Gasteiger partial charge in [0.15, 0.2) is 17.4 Å². The summed E-state index contributed by atoms with van der Waals surface area (Å²) in [5.74, 6) is -2.46. The van der Waals surface area contributed by atoms with Crippen LogP contribution in [-0.2, 0) is 4.79 Å². The Labute approximate surface area is 131 Å². The molecule has 0 saturated carbocycles. The van der Waals surface area contributed by atoms with Crippen LogP contribution < -0.4 is 10.6 Å². The van der Waals surface area contributed by atoms with Crippen LogP contribution in [0.15, 0.2) is 41.0 Å². The molecule has 122 valence electrons. The van der Waals surface area contributed by atoms with Crippen molar-refractivity contribution in [3.63, 3.8) is 0 Å². The summed E-state index contributed by atoms with van der Waals surface area (Å²) in [6.45, 7) is 1.79. The molecule has 0 unspecified atom stereocenters. The molecular weight excluding hydrogens is 306 g/mol. The van der Waals surface area contributed by atoms with E-state index >= 15 is 0 Å². The minimum Gasteiger partial charge on any atom is -0.459 e. The highest BCUT2D eigenvalue weighted by Crippen LogP contribution is 2.15. The molecule has 0 aliphatic rings. The van der Waals surface area contributed by atoms with Gasteiger partial charge in [-0.25, -0.2) is 8.78 Å². The zero-order valence-corrected chi connectivity index (χ0v) is 12.4. The van der Waals surface area contributed by atoms with Crippen LogP contribution in [0.25, 0.3) is 0 Å². The number of carbonyl (C=O) groups is 2. The number of hydrogen-bond donors (Lipinski definition) is 2. The summed E-state index contributed by atoms with van der Waals surface area (Å²) in [7, 11) is 0. The van der Waals surface area contributed by atoms with E-state index in [-0.39, 0.29) is 24.6 Å². The number of carbonyl (C=O) groups excluding carboxylic acids is 2. The summed E-state index contributed by atoms with van der Waals surface area (Å²) in [6.07, 6.45) is 1.44. The molecule has 0 bridgehead atoms. The second kappa shape index (κ2) is 7.53. The summed E-state index contributed by atoms with van der Waals surface area (Å²) >= 11 is 0. The molecule has 23 heavy (non-hydrogen) atoms. The van der Waals surface area contributed by atoms with E-state index in [1.807, 2.05) is 0 Å². The van der Waals surface area contributed by atoms with Crippen molar-refractivity contribution >= 4 is 11.8 Å². The van der Waals surface area contributed by atoms with Crippen LogP contribution in [0.2, 0.25) is 0 Å². The van der Waals surface area contributed by atoms with Gasteiger partial charge in [-0.2, -0.15) is 0 Å². The first-order valence-corrected chi connectivity index (χ1v) is 7.03. The minimum absolute atomic E-state index is 0.0560. The summed E-state index contributed by atoms with van der Waals surface area (Å²) in [5, 5.41) is 5.19. The predicted molar refractivity (Wildman–Crippen MR) is 78.6 cm³/mol. The number of nitrogens with one attached hydrogen (secondary N) is 2. The Hall–Kier alpha value is -2.70. The van der Waals surface area contributed by atoms with E-state index in [9.17, 15) is 18.4 Å². The van der Waals surface area contributed by atoms with Gasteiger partial charge in [0.25, 0.3) is 5.91 Å². The van der Waals surface area contributed by atoms with E-state index in [4.69, 9.17) is 4.42 Å². The zero-order valence-electron chi connectivity index (χ0n) is 12.4. The molecule has 1 atom stereocenters. The Balaban J connectivity index is 1.77. The van der Waals surface area contributed by atoms with Crippen LogP contribution in [0.5, 0.6) is 0 Å². The third-order valence-corrected chi connectivity index (χ3v) is 3.20. The van der Waals surface area contributed by atoms with E-state index in [0.29, 0.717) is 5.56 Å². The van der Waals surface area contributed by atoms with E-state index in [0.717, 1.165) is 12.1 Å². The molecule has 2 amide bonds. The fourth-order valence-electron chi connectivity index (χ4n) is 1.96. The van der Waals surface area contributed by atoms with Gasteiger partial charge < -0.3 is 15.1 Å². The first kappa shape index (κ1) is 16.7. The van der Waals surface area contributed by atoms with Gasteiger partial charge in [0.05, 0.1) is 12.3 Å². The second-order valence-corrected chi connectivity index (χ2v) is 4.95. The maximum absolute atomic E-state index is 13.2. The maximum Gasteiger partial charge on any atom is 0.286 e. The van der Waals surface area contributed by atoms with Crippen LogP contribution in [0.3, 0.4) is 0 Å². The number of hydrogen-bond acceptors (Lipinski definition) is 3. The van der Waals surface area contributed by atoms with E-state index in [1.165, 1.54) is 18.4 Å². The Morgan fingerprint density at radius 1 is 1.22 bits per heavy atom. The number of benzene rings is 1. The third-order valence-electron chi connectivity index (χ3n) is 3.20. The van der Waals surface area contributed by atoms with E-state index < -0.39 is 23.6 Å². The lowest BCUT2D eigenvalue weighted by atomic mass is 10.1. The van der Waals surface area contributed by atoms with E-state index in [1.54, 1.807) is 13.0 Å². The van der Waals surface area contributed by atoms with Crippen molar-refractivity contribution < 1.29 is 22.8 Å². The van der Waals surface area contributed by atoms with Crippen molar-refractivity contribution in [1.82, 2.24) is 10.6 Å². The Bertz CT molecular complexity index is 687. The summed E-state index contributed by atoms with van der Waals surface area (Å²) in [5.41, 5.74) is 0.455. The lowest BCUT2D eigenvalue weighted by Gasteiger charge is -2.14.